The lowest BCUT2D eigenvalue weighted by molar-refractivity contribution is -0.325. The predicted octanol–water partition coefficient (Wildman–Crippen LogP) is 1.14. The third-order valence-corrected chi connectivity index (χ3v) is 5.21. The van der Waals surface area contributed by atoms with Crippen molar-refractivity contribution in [2.75, 3.05) is 19.7 Å². The Balaban J connectivity index is 2.53. The molecule has 0 aliphatic rings. The first-order chi connectivity index (χ1) is 12.2. The van der Waals surface area contributed by atoms with Crippen molar-refractivity contribution in [2.24, 2.45) is 5.73 Å². The molecule has 0 aliphatic heterocycles. The van der Waals surface area contributed by atoms with Crippen LogP contribution in [0.1, 0.15) is 17.4 Å². The zero-order valence-electron chi connectivity index (χ0n) is 14.5. The summed E-state index contributed by atoms with van der Waals surface area (Å²) < 4.78 is 42.7. The number of aromatic nitrogens is 2. The molecular formula is C15H21F3N4O3S. The molecule has 0 aliphatic carbocycles. The predicted molar refractivity (Wildman–Crippen MR) is 93.5 cm³/mol. The molecule has 0 unspecified atom stereocenters. The SMILES string of the molecule is CCn1c(=O)c2c(C)c(CNCCN)sc2n(CCOC(F)(F)F)c1=O. The van der Waals surface area contributed by atoms with Crippen LogP contribution in [0.25, 0.3) is 10.2 Å². The number of alkyl halides is 3. The second-order valence-corrected chi connectivity index (χ2v) is 6.66. The Morgan fingerprint density at radius 1 is 1.27 bits per heavy atom. The van der Waals surface area contributed by atoms with Crippen LogP contribution >= 0.6 is 11.3 Å². The molecule has 7 nitrogen and oxygen atoms in total. The van der Waals surface area contributed by atoms with E-state index in [1.165, 1.54) is 15.9 Å². The summed E-state index contributed by atoms with van der Waals surface area (Å²) in [5, 5.41) is 3.47. The Morgan fingerprint density at radius 2 is 1.96 bits per heavy atom. The number of fused-ring (bicyclic) bond motifs is 1. The molecule has 0 spiro atoms. The maximum atomic E-state index is 12.6. The van der Waals surface area contributed by atoms with E-state index in [0.29, 0.717) is 35.4 Å². The summed E-state index contributed by atoms with van der Waals surface area (Å²) in [4.78, 5) is 26.4. The van der Waals surface area contributed by atoms with Crippen molar-refractivity contribution in [1.82, 2.24) is 14.5 Å². The highest BCUT2D eigenvalue weighted by Crippen LogP contribution is 2.28. The van der Waals surface area contributed by atoms with Crippen LogP contribution in [0, 0.1) is 6.92 Å². The smallest absolute Gasteiger partial charge is 0.329 e. The molecular weight excluding hydrogens is 373 g/mol. The number of hydrogen-bond acceptors (Lipinski definition) is 6. The molecule has 2 rings (SSSR count). The molecule has 11 heteroatoms. The minimum Gasteiger partial charge on any atom is -0.329 e. The molecule has 2 aromatic heterocycles. The second kappa shape index (κ2) is 8.33. The maximum Gasteiger partial charge on any atom is 0.522 e. The fourth-order valence-corrected chi connectivity index (χ4v) is 3.93. The van der Waals surface area contributed by atoms with Gasteiger partial charge in [0, 0.05) is 31.1 Å². The number of aryl methyl sites for hydroxylation is 1. The van der Waals surface area contributed by atoms with Gasteiger partial charge in [-0.2, -0.15) is 0 Å². The zero-order chi connectivity index (χ0) is 19.5. The van der Waals surface area contributed by atoms with E-state index >= 15 is 0 Å². The topological polar surface area (TPSA) is 91.3 Å². The van der Waals surface area contributed by atoms with Crippen molar-refractivity contribution in [3.05, 3.63) is 31.3 Å². The molecule has 0 amide bonds. The monoisotopic (exact) mass is 394 g/mol. The van der Waals surface area contributed by atoms with Crippen LogP contribution in [-0.2, 0) is 24.4 Å². The Kier molecular flexibility index (Phi) is 6.61. The summed E-state index contributed by atoms with van der Waals surface area (Å²) in [7, 11) is 0. The molecule has 0 atom stereocenters. The minimum absolute atomic E-state index is 0.129. The Hall–Kier alpha value is -1.69. The molecule has 0 saturated carbocycles. The van der Waals surface area contributed by atoms with Crippen molar-refractivity contribution in [3.63, 3.8) is 0 Å². The standard InChI is InChI=1S/C15H21F3N4O3S/c1-3-21-12(23)11-9(2)10(8-20-5-4-19)26-13(11)22(14(21)24)6-7-25-15(16,17)18/h20H,3-8,19H2,1-2H3. The number of halogens is 3. The summed E-state index contributed by atoms with van der Waals surface area (Å²) in [5.74, 6) is 0. The van der Waals surface area contributed by atoms with Crippen LogP contribution in [0.5, 0.6) is 0 Å². The largest absolute Gasteiger partial charge is 0.522 e. The van der Waals surface area contributed by atoms with Crippen molar-refractivity contribution < 1.29 is 17.9 Å². The van der Waals surface area contributed by atoms with Gasteiger partial charge in [0.05, 0.1) is 18.5 Å². The van der Waals surface area contributed by atoms with Gasteiger partial charge in [-0.15, -0.1) is 24.5 Å². The van der Waals surface area contributed by atoms with Crippen LogP contribution in [0.3, 0.4) is 0 Å². The van der Waals surface area contributed by atoms with Gasteiger partial charge in [-0.1, -0.05) is 0 Å². The van der Waals surface area contributed by atoms with Gasteiger partial charge in [-0.25, -0.2) is 4.79 Å². The molecule has 26 heavy (non-hydrogen) atoms. The van der Waals surface area contributed by atoms with E-state index in [1.807, 2.05) is 0 Å². The quantitative estimate of drug-likeness (QED) is 0.655. The summed E-state index contributed by atoms with van der Waals surface area (Å²) in [6.45, 7) is 4.01. The molecule has 2 aromatic rings. The highest BCUT2D eigenvalue weighted by molar-refractivity contribution is 7.18. The Labute approximate surface area is 151 Å². The van der Waals surface area contributed by atoms with Gasteiger partial charge in [0.15, 0.2) is 0 Å². The number of nitrogens with two attached hydrogens (primary N) is 1. The molecule has 0 radical (unpaired) electrons. The molecule has 2 heterocycles. The first-order valence-electron chi connectivity index (χ1n) is 8.08. The average molecular weight is 394 g/mol. The summed E-state index contributed by atoms with van der Waals surface area (Å²) in [6.07, 6.45) is -4.77. The van der Waals surface area contributed by atoms with Crippen molar-refractivity contribution in [3.8, 4) is 0 Å². The van der Waals surface area contributed by atoms with E-state index in [9.17, 15) is 22.8 Å². The first kappa shape index (κ1) is 20.6. The molecule has 0 bridgehead atoms. The molecule has 0 fully saturated rings. The van der Waals surface area contributed by atoms with Crippen molar-refractivity contribution in [1.29, 1.82) is 0 Å². The van der Waals surface area contributed by atoms with Gasteiger partial charge in [0.2, 0.25) is 0 Å². The highest BCUT2D eigenvalue weighted by atomic mass is 32.1. The normalized spacial score (nSPS) is 12.2. The zero-order valence-corrected chi connectivity index (χ0v) is 15.3. The van der Waals surface area contributed by atoms with Crippen LogP contribution in [0.2, 0.25) is 0 Å². The first-order valence-corrected chi connectivity index (χ1v) is 8.90. The molecule has 3 N–H and O–H groups in total. The van der Waals surface area contributed by atoms with Gasteiger partial charge in [-0.05, 0) is 19.4 Å². The Bertz CT molecular complexity index is 885. The van der Waals surface area contributed by atoms with E-state index in [2.05, 4.69) is 10.1 Å². The fourth-order valence-electron chi connectivity index (χ4n) is 2.64. The van der Waals surface area contributed by atoms with Crippen LogP contribution in [0.4, 0.5) is 13.2 Å². The van der Waals surface area contributed by atoms with E-state index in [1.54, 1.807) is 13.8 Å². The van der Waals surface area contributed by atoms with E-state index in [-0.39, 0.29) is 13.1 Å². The minimum atomic E-state index is -4.77. The summed E-state index contributed by atoms with van der Waals surface area (Å²) in [5.41, 5.74) is 5.08. The second-order valence-electron chi connectivity index (χ2n) is 5.57. The van der Waals surface area contributed by atoms with Gasteiger partial charge in [0.1, 0.15) is 4.83 Å². The number of ether oxygens (including phenoxy) is 1. The number of rotatable bonds is 8. The molecule has 0 saturated heterocycles. The van der Waals surface area contributed by atoms with Crippen molar-refractivity contribution in [2.45, 2.75) is 39.8 Å². The number of nitrogens with one attached hydrogen (secondary N) is 1. The third kappa shape index (κ3) is 4.34. The maximum absolute atomic E-state index is 12.6. The van der Waals surface area contributed by atoms with E-state index in [0.717, 1.165) is 9.44 Å². The van der Waals surface area contributed by atoms with Crippen LogP contribution < -0.4 is 22.3 Å². The highest BCUT2D eigenvalue weighted by Gasteiger charge is 2.29. The summed E-state index contributed by atoms with van der Waals surface area (Å²) >= 11 is 1.22. The van der Waals surface area contributed by atoms with Gasteiger partial charge >= 0.3 is 12.1 Å². The lowest BCUT2D eigenvalue weighted by Crippen LogP contribution is -2.40. The number of hydrogen-bond donors (Lipinski definition) is 2. The van der Waals surface area contributed by atoms with Crippen LogP contribution in [-0.4, -0.2) is 35.2 Å². The lowest BCUT2D eigenvalue weighted by atomic mass is 10.2. The number of thiophene rings is 1. The molecule has 0 aromatic carbocycles. The number of nitrogens with zero attached hydrogens (tertiary/aromatic N) is 2. The van der Waals surface area contributed by atoms with Gasteiger partial charge in [-0.3, -0.25) is 18.7 Å². The average Bonchev–Trinajstić information content (AvgIpc) is 2.87. The fraction of sp³-hybridized carbons (Fsp3) is 0.600. The lowest BCUT2D eigenvalue weighted by Gasteiger charge is -2.12. The van der Waals surface area contributed by atoms with E-state index < -0.39 is 24.2 Å². The van der Waals surface area contributed by atoms with Crippen LogP contribution in [0.15, 0.2) is 9.59 Å². The van der Waals surface area contributed by atoms with Gasteiger partial charge in [0.25, 0.3) is 5.56 Å². The Morgan fingerprint density at radius 3 is 2.54 bits per heavy atom. The third-order valence-electron chi connectivity index (χ3n) is 3.90. The summed E-state index contributed by atoms with van der Waals surface area (Å²) in [6, 6.07) is 0. The van der Waals surface area contributed by atoms with Gasteiger partial charge < -0.3 is 11.1 Å². The van der Waals surface area contributed by atoms with Crippen molar-refractivity contribution >= 4 is 21.6 Å². The van der Waals surface area contributed by atoms with E-state index in [4.69, 9.17) is 5.73 Å². The molecule has 146 valence electrons.